The van der Waals surface area contributed by atoms with Crippen LogP contribution in [0, 0.1) is 0 Å². The summed E-state index contributed by atoms with van der Waals surface area (Å²) >= 11 is 0. The molecule has 0 aliphatic heterocycles. The first-order chi connectivity index (χ1) is 12.0. The van der Waals surface area contributed by atoms with Crippen molar-refractivity contribution in [2.45, 2.75) is 5.85 Å². The second-order valence-electron chi connectivity index (χ2n) is 6.19. The molecule has 1 unspecified atom stereocenters. The minimum atomic E-state index is -3.23. The molecule has 128 valence electrons. The zero-order valence-corrected chi connectivity index (χ0v) is 15.3. The van der Waals surface area contributed by atoms with Crippen LogP contribution in [0.4, 0.5) is 5.69 Å². The van der Waals surface area contributed by atoms with Gasteiger partial charge in [-0.15, -0.1) is 0 Å². The van der Waals surface area contributed by atoms with E-state index in [9.17, 15) is 9.67 Å². The molecule has 0 radical (unpaired) electrons. The first-order valence-corrected chi connectivity index (χ1v) is 9.97. The third kappa shape index (κ3) is 3.39. The summed E-state index contributed by atoms with van der Waals surface area (Å²) in [5.41, 5.74) is 1.69. The lowest BCUT2D eigenvalue weighted by Gasteiger charge is -2.25. The Hall–Kier alpha value is -2.35. The third-order valence-corrected chi connectivity index (χ3v) is 7.45. The van der Waals surface area contributed by atoms with Crippen LogP contribution < -0.4 is 15.5 Å². The van der Waals surface area contributed by atoms with Gasteiger partial charge in [0.1, 0.15) is 5.85 Å². The number of hydrogen-bond donors (Lipinski definition) is 1. The van der Waals surface area contributed by atoms with Crippen molar-refractivity contribution >= 4 is 23.4 Å². The van der Waals surface area contributed by atoms with E-state index in [1.165, 1.54) is 0 Å². The Morgan fingerprint density at radius 1 is 0.760 bits per heavy atom. The van der Waals surface area contributed by atoms with E-state index in [4.69, 9.17) is 0 Å². The Labute approximate surface area is 148 Å². The molecule has 0 bridgehead atoms. The fourth-order valence-corrected chi connectivity index (χ4v) is 5.57. The number of nitrogens with zero attached hydrogens (tertiary/aromatic N) is 1. The summed E-state index contributed by atoms with van der Waals surface area (Å²) in [4.78, 5) is 1.99. The van der Waals surface area contributed by atoms with E-state index >= 15 is 0 Å². The normalized spacial score (nSPS) is 12.6. The SMILES string of the molecule is CN(C)c1ccc(C(O)P(=O)(c2ccccc2)c2ccccc2)cc1. The molecule has 4 heteroatoms. The maximum atomic E-state index is 14.1. The third-order valence-electron chi connectivity index (χ3n) is 4.33. The number of aliphatic hydroxyl groups excluding tert-OH is 1. The fourth-order valence-electron chi connectivity index (χ4n) is 2.88. The number of benzene rings is 3. The summed E-state index contributed by atoms with van der Waals surface area (Å²) in [5, 5.41) is 12.4. The molecule has 3 aromatic carbocycles. The first kappa shape index (κ1) is 17.5. The molecular formula is C21H22NO2P. The first-order valence-electron chi connectivity index (χ1n) is 8.20. The van der Waals surface area contributed by atoms with Crippen LogP contribution in [0.5, 0.6) is 0 Å². The van der Waals surface area contributed by atoms with Crippen LogP contribution in [0.3, 0.4) is 0 Å². The summed E-state index contributed by atoms with van der Waals surface area (Å²) in [6.07, 6.45) is 0. The van der Waals surface area contributed by atoms with Crippen LogP contribution in [-0.4, -0.2) is 19.2 Å². The summed E-state index contributed by atoms with van der Waals surface area (Å²) in [5.74, 6) is -1.09. The van der Waals surface area contributed by atoms with Crippen molar-refractivity contribution in [1.29, 1.82) is 0 Å². The second-order valence-corrected chi connectivity index (χ2v) is 9.03. The van der Waals surface area contributed by atoms with E-state index in [1.54, 1.807) is 0 Å². The van der Waals surface area contributed by atoms with E-state index < -0.39 is 13.0 Å². The highest BCUT2D eigenvalue weighted by Gasteiger charge is 2.36. The number of rotatable bonds is 5. The van der Waals surface area contributed by atoms with Crippen molar-refractivity contribution in [2.24, 2.45) is 0 Å². The molecule has 0 aliphatic rings. The highest BCUT2D eigenvalue weighted by molar-refractivity contribution is 7.78. The van der Waals surface area contributed by atoms with E-state index in [1.807, 2.05) is 104 Å². The molecule has 0 saturated carbocycles. The molecule has 25 heavy (non-hydrogen) atoms. The predicted molar refractivity (Wildman–Crippen MR) is 105 cm³/mol. The van der Waals surface area contributed by atoms with Gasteiger partial charge < -0.3 is 14.6 Å². The number of anilines is 1. The molecule has 0 spiro atoms. The highest BCUT2D eigenvalue weighted by Crippen LogP contribution is 2.55. The monoisotopic (exact) mass is 351 g/mol. The van der Waals surface area contributed by atoms with Gasteiger partial charge in [0.25, 0.3) is 0 Å². The largest absolute Gasteiger partial charge is 0.380 e. The van der Waals surface area contributed by atoms with Gasteiger partial charge in [-0.05, 0) is 17.7 Å². The molecule has 3 nitrogen and oxygen atoms in total. The lowest BCUT2D eigenvalue weighted by molar-refractivity contribution is 0.257. The van der Waals surface area contributed by atoms with Crippen molar-refractivity contribution in [3.63, 3.8) is 0 Å². The van der Waals surface area contributed by atoms with Crippen molar-refractivity contribution < 1.29 is 9.67 Å². The number of aliphatic hydroxyl groups is 1. The van der Waals surface area contributed by atoms with Crippen LogP contribution in [-0.2, 0) is 4.57 Å². The van der Waals surface area contributed by atoms with Gasteiger partial charge in [-0.1, -0.05) is 72.8 Å². The Balaban J connectivity index is 2.10. The molecule has 0 aliphatic carbocycles. The summed E-state index contributed by atoms with van der Waals surface area (Å²) in [6, 6.07) is 26.0. The van der Waals surface area contributed by atoms with Crippen molar-refractivity contribution in [1.82, 2.24) is 0 Å². The highest BCUT2D eigenvalue weighted by atomic mass is 31.2. The van der Waals surface area contributed by atoms with Gasteiger partial charge in [-0.25, -0.2) is 0 Å². The van der Waals surface area contributed by atoms with Crippen LogP contribution >= 0.6 is 7.14 Å². The minimum absolute atomic E-state index is 0.654. The van der Waals surface area contributed by atoms with Crippen LogP contribution in [0.15, 0.2) is 84.9 Å². The summed E-state index contributed by atoms with van der Waals surface area (Å²) in [6.45, 7) is 0. The van der Waals surface area contributed by atoms with Crippen molar-refractivity contribution in [3.8, 4) is 0 Å². The van der Waals surface area contributed by atoms with E-state index in [0.717, 1.165) is 5.69 Å². The molecule has 0 heterocycles. The van der Waals surface area contributed by atoms with Gasteiger partial charge in [-0.2, -0.15) is 0 Å². The van der Waals surface area contributed by atoms with Crippen molar-refractivity contribution in [3.05, 3.63) is 90.5 Å². The molecular weight excluding hydrogens is 329 g/mol. The van der Waals surface area contributed by atoms with Crippen LogP contribution in [0.1, 0.15) is 11.4 Å². The Kier molecular flexibility index (Phi) is 5.08. The maximum Gasteiger partial charge on any atom is 0.174 e. The zero-order valence-electron chi connectivity index (χ0n) is 14.4. The molecule has 3 aromatic rings. The topological polar surface area (TPSA) is 40.5 Å². The summed E-state index contributed by atoms with van der Waals surface area (Å²) in [7, 11) is 0.691. The maximum absolute atomic E-state index is 14.1. The standard InChI is InChI=1S/C21H22NO2P/c1-22(2)18-15-13-17(14-16-18)21(23)25(24,19-9-5-3-6-10-19)20-11-7-4-8-12-20/h3-16,21,23H,1-2H3. The fraction of sp³-hybridized carbons (Fsp3) is 0.143. The molecule has 1 atom stereocenters. The second kappa shape index (κ2) is 7.26. The molecule has 0 amide bonds. The van der Waals surface area contributed by atoms with Gasteiger partial charge in [0, 0.05) is 30.4 Å². The Bertz CT molecular complexity index is 818. The minimum Gasteiger partial charge on any atom is -0.380 e. The lowest BCUT2D eigenvalue weighted by Crippen LogP contribution is -2.21. The Morgan fingerprint density at radius 2 is 1.20 bits per heavy atom. The number of hydrogen-bond acceptors (Lipinski definition) is 3. The lowest BCUT2D eigenvalue weighted by atomic mass is 10.2. The predicted octanol–water partition coefficient (Wildman–Crippen LogP) is 3.76. The zero-order chi connectivity index (χ0) is 17.9. The van der Waals surface area contributed by atoms with Crippen molar-refractivity contribution in [2.75, 3.05) is 19.0 Å². The Morgan fingerprint density at radius 3 is 1.60 bits per heavy atom. The molecule has 0 fully saturated rings. The molecule has 0 saturated heterocycles. The van der Waals surface area contributed by atoms with Gasteiger partial charge >= 0.3 is 0 Å². The van der Waals surface area contributed by atoms with Crippen LogP contribution in [0.2, 0.25) is 0 Å². The van der Waals surface area contributed by atoms with Gasteiger partial charge in [0.05, 0.1) is 0 Å². The van der Waals surface area contributed by atoms with Gasteiger partial charge in [0.2, 0.25) is 0 Å². The van der Waals surface area contributed by atoms with Gasteiger partial charge in [0.15, 0.2) is 7.14 Å². The molecule has 3 rings (SSSR count). The smallest absolute Gasteiger partial charge is 0.174 e. The van der Waals surface area contributed by atoms with E-state index in [-0.39, 0.29) is 0 Å². The van der Waals surface area contributed by atoms with Crippen LogP contribution in [0.25, 0.3) is 0 Å². The van der Waals surface area contributed by atoms with E-state index in [0.29, 0.717) is 16.2 Å². The average Bonchev–Trinajstić information content (AvgIpc) is 2.68. The van der Waals surface area contributed by atoms with Gasteiger partial charge in [-0.3, -0.25) is 0 Å². The molecule has 1 N–H and O–H groups in total. The average molecular weight is 351 g/mol. The summed E-state index contributed by atoms with van der Waals surface area (Å²) < 4.78 is 14.1. The quantitative estimate of drug-likeness (QED) is 0.712. The van der Waals surface area contributed by atoms with E-state index in [2.05, 4.69) is 0 Å². The molecule has 0 aromatic heterocycles.